The Balaban J connectivity index is 2.30. The molecule has 1 aliphatic rings. The van der Waals surface area contributed by atoms with Crippen LogP contribution in [0.25, 0.3) is 10.4 Å². The quantitative estimate of drug-likeness (QED) is 0.345. The lowest BCUT2D eigenvalue weighted by atomic mass is 9.98. The van der Waals surface area contributed by atoms with Gasteiger partial charge >= 0.3 is 0 Å². The molecule has 2 atom stereocenters. The number of azide groups is 1. The number of hydrogen-bond donors (Lipinski definition) is 0. The van der Waals surface area contributed by atoms with Crippen LogP contribution in [0.15, 0.2) is 23.3 Å². The van der Waals surface area contributed by atoms with Crippen LogP contribution in [0.5, 0.6) is 5.75 Å². The van der Waals surface area contributed by atoms with Gasteiger partial charge in [0, 0.05) is 16.8 Å². The van der Waals surface area contributed by atoms with Gasteiger partial charge in [-0.15, -0.1) is 0 Å². The molecule has 1 aromatic rings. The largest absolute Gasteiger partial charge is 0.497 e. The minimum absolute atomic E-state index is 0.353. The third-order valence-corrected chi connectivity index (χ3v) is 4.02. The molecular formula is C13H16BrN3O. The van der Waals surface area contributed by atoms with Gasteiger partial charge in [0.25, 0.3) is 0 Å². The van der Waals surface area contributed by atoms with E-state index >= 15 is 0 Å². The van der Waals surface area contributed by atoms with E-state index < -0.39 is 0 Å². The van der Waals surface area contributed by atoms with Crippen molar-refractivity contribution in [1.29, 1.82) is 0 Å². The van der Waals surface area contributed by atoms with Crippen molar-refractivity contribution in [1.82, 2.24) is 0 Å². The summed E-state index contributed by atoms with van der Waals surface area (Å²) in [7, 11) is 1.69. The van der Waals surface area contributed by atoms with Crippen LogP contribution in [0.4, 0.5) is 0 Å². The number of fused-ring (bicyclic) bond motifs is 1. The van der Waals surface area contributed by atoms with Crippen LogP contribution >= 0.6 is 15.9 Å². The Morgan fingerprint density at radius 2 is 2.28 bits per heavy atom. The molecule has 0 bridgehead atoms. The summed E-state index contributed by atoms with van der Waals surface area (Å²) in [4.78, 5) is 2.87. The zero-order valence-corrected chi connectivity index (χ0v) is 11.9. The van der Waals surface area contributed by atoms with E-state index in [1.807, 2.05) is 6.07 Å². The van der Waals surface area contributed by atoms with Crippen LogP contribution in [-0.4, -0.2) is 19.0 Å². The van der Waals surface area contributed by atoms with E-state index in [1.54, 1.807) is 7.11 Å². The summed E-state index contributed by atoms with van der Waals surface area (Å²) in [6, 6.07) is 6.22. The molecule has 2 rings (SSSR count). The number of ether oxygens (including phenoxy) is 1. The van der Waals surface area contributed by atoms with Crippen LogP contribution in [0, 0.1) is 0 Å². The van der Waals surface area contributed by atoms with Crippen molar-refractivity contribution in [3.05, 3.63) is 39.8 Å². The first kappa shape index (κ1) is 13.2. The molecule has 0 fully saturated rings. The van der Waals surface area contributed by atoms with Crippen molar-refractivity contribution in [2.24, 2.45) is 5.11 Å². The van der Waals surface area contributed by atoms with Crippen molar-refractivity contribution in [2.75, 3.05) is 19.0 Å². The summed E-state index contributed by atoms with van der Waals surface area (Å²) >= 11 is 3.51. The first-order valence-corrected chi connectivity index (χ1v) is 7.17. The van der Waals surface area contributed by atoms with Crippen LogP contribution in [0.3, 0.4) is 0 Å². The zero-order chi connectivity index (χ0) is 13.0. The molecule has 18 heavy (non-hydrogen) atoms. The summed E-state index contributed by atoms with van der Waals surface area (Å²) in [6.07, 6.45) is 2.17. The SMILES string of the molecule is COc1ccc2c(c1)[C@H](CCBr)C[C@@H]2CN=[N+]=[N-]. The molecule has 0 heterocycles. The van der Waals surface area contributed by atoms with Crippen LogP contribution < -0.4 is 4.74 Å². The number of halogens is 1. The lowest BCUT2D eigenvalue weighted by molar-refractivity contribution is 0.414. The third-order valence-electron chi connectivity index (χ3n) is 3.57. The fraction of sp³-hybridized carbons (Fsp3) is 0.538. The number of nitrogens with zero attached hydrogens (tertiary/aromatic N) is 3. The van der Waals surface area contributed by atoms with Gasteiger partial charge in [-0.05, 0) is 53.5 Å². The monoisotopic (exact) mass is 309 g/mol. The molecule has 0 radical (unpaired) electrons. The molecule has 0 aromatic heterocycles. The molecule has 5 heteroatoms. The second-order valence-electron chi connectivity index (χ2n) is 4.52. The molecule has 0 unspecified atom stereocenters. The minimum atomic E-state index is 0.353. The predicted octanol–water partition coefficient (Wildman–Crippen LogP) is 4.36. The molecule has 0 aliphatic heterocycles. The van der Waals surface area contributed by atoms with Crippen molar-refractivity contribution < 1.29 is 4.74 Å². The normalized spacial score (nSPS) is 21.2. The van der Waals surface area contributed by atoms with Crippen LogP contribution in [-0.2, 0) is 0 Å². The molecule has 0 N–H and O–H groups in total. The first-order chi connectivity index (χ1) is 8.80. The van der Waals surface area contributed by atoms with E-state index in [1.165, 1.54) is 11.1 Å². The van der Waals surface area contributed by atoms with Crippen molar-refractivity contribution in [2.45, 2.75) is 24.7 Å². The molecule has 1 aliphatic carbocycles. The average Bonchev–Trinajstić information content (AvgIpc) is 2.74. The van der Waals surface area contributed by atoms with E-state index in [2.05, 4.69) is 38.1 Å². The molecular weight excluding hydrogens is 294 g/mol. The van der Waals surface area contributed by atoms with Gasteiger partial charge < -0.3 is 4.74 Å². The van der Waals surface area contributed by atoms with Gasteiger partial charge in [0.2, 0.25) is 0 Å². The Bertz CT molecular complexity index is 471. The van der Waals surface area contributed by atoms with E-state index in [4.69, 9.17) is 10.3 Å². The van der Waals surface area contributed by atoms with E-state index in [9.17, 15) is 0 Å². The van der Waals surface area contributed by atoms with E-state index in [0.29, 0.717) is 18.4 Å². The summed E-state index contributed by atoms with van der Waals surface area (Å²) in [5.41, 5.74) is 11.1. The summed E-state index contributed by atoms with van der Waals surface area (Å²) in [5.74, 6) is 1.79. The van der Waals surface area contributed by atoms with Crippen molar-refractivity contribution in [3.63, 3.8) is 0 Å². The molecule has 0 spiro atoms. The highest BCUT2D eigenvalue weighted by Gasteiger charge is 2.30. The number of rotatable bonds is 5. The predicted molar refractivity (Wildman–Crippen MR) is 75.5 cm³/mol. The van der Waals surface area contributed by atoms with Gasteiger partial charge in [-0.3, -0.25) is 0 Å². The fourth-order valence-corrected chi connectivity index (χ4v) is 3.27. The van der Waals surface area contributed by atoms with Crippen molar-refractivity contribution >= 4 is 15.9 Å². The summed E-state index contributed by atoms with van der Waals surface area (Å²) < 4.78 is 5.29. The summed E-state index contributed by atoms with van der Waals surface area (Å²) in [6.45, 7) is 0.550. The molecule has 0 saturated carbocycles. The average molecular weight is 310 g/mol. The van der Waals surface area contributed by atoms with Gasteiger partial charge in [-0.1, -0.05) is 27.1 Å². The van der Waals surface area contributed by atoms with Gasteiger partial charge in [-0.2, -0.15) is 0 Å². The highest BCUT2D eigenvalue weighted by atomic mass is 79.9. The standard InChI is InChI=1S/C13H16BrN3O/c1-18-11-2-3-12-10(8-16-17-15)6-9(4-5-14)13(12)7-11/h2-3,7,9-10H,4-6,8H2,1H3/t9-,10-/m1/s1. The van der Waals surface area contributed by atoms with Gasteiger partial charge in [0.15, 0.2) is 0 Å². The van der Waals surface area contributed by atoms with Gasteiger partial charge in [-0.25, -0.2) is 0 Å². The number of alkyl halides is 1. The zero-order valence-electron chi connectivity index (χ0n) is 10.3. The molecule has 0 saturated heterocycles. The molecule has 4 nitrogen and oxygen atoms in total. The molecule has 96 valence electrons. The maximum absolute atomic E-state index is 8.46. The highest BCUT2D eigenvalue weighted by molar-refractivity contribution is 9.09. The Kier molecular flexibility index (Phi) is 4.50. The highest BCUT2D eigenvalue weighted by Crippen LogP contribution is 2.45. The Hall–Kier alpha value is -1.19. The molecule has 1 aromatic carbocycles. The van der Waals surface area contributed by atoms with E-state index in [0.717, 1.165) is 23.9 Å². The van der Waals surface area contributed by atoms with Crippen LogP contribution in [0.1, 0.15) is 35.8 Å². The van der Waals surface area contributed by atoms with Crippen LogP contribution in [0.2, 0.25) is 0 Å². The lowest BCUT2D eigenvalue weighted by Crippen LogP contribution is -1.97. The fourth-order valence-electron chi connectivity index (χ4n) is 2.72. The Labute approximate surface area is 115 Å². The second-order valence-corrected chi connectivity index (χ2v) is 5.31. The number of benzene rings is 1. The maximum Gasteiger partial charge on any atom is 0.119 e. The first-order valence-electron chi connectivity index (χ1n) is 6.04. The lowest BCUT2D eigenvalue weighted by Gasteiger charge is -2.10. The smallest absolute Gasteiger partial charge is 0.119 e. The van der Waals surface area contributed by atoms with Gasteiger partial charge in [0.1, 0.15) is 5.75 Å². The Morgan fingerprint density at radius 3 is 2.94 bits per heavy atom. The second kappa shape index (κ2) is 6.12. The third kappa shape index (κ3) is 2.62. The van der Waals surface area contributed by atoms with Crippen molar-refractivity contribution in [3.8, 4) is 5.75 Å². The number of hydrogen-bond acceptors (Lipinski definition) is 2. The Morgan fingerprint density at radius 1 is 1.44 bits per heavy atom. The minimum Gasteiger partial charge on any atom is -0.497 e. The topological polar surface area (TPSA) is 58.0 Å². The van der Waals surface area contributed by atoms with Gasteiger partial charge in [0.05, 0.1) is 7.11 Å². The number of methoxy groups -OCH3 is 1. The van der Waals surface area contributed by atoms with E-state index in [-0.39, 0.29) is 0 Å². The summed E-state index contributed by atoms with van der Waals surface area (Å²) in [5, 5.41) is 4.72. The molecule has 0 amide bonds. The maximum atomic E-state index is 8.46.